The van der Waals surface area contributed by atoms with Crippen molar-refractivity contribution in [2.75, 3.05) is 0 Å². The van der Waals surface area contributed by atoms with Gasteiger partial charge in [0, 0.05) is 12.2 Å². The third kappa shape index (κ3) is 1.45. The molecule has 0 aliphatic heterocycles. The second kappa shape index (κ2) is 2.53. The molecule has 0 radical (unpaired) electrons. The molecule has 1 fully saturated rings. The summed E-state index contributed by atoms with van der Waals surface area (Å²) in [5.41, 5.74) is -0.290. The lowest BCUT2D eigenvalue weighted by molar-refractivity contribution is 0.487. The fourth-order valence-corrected chi connectivity index (χ4v) is 1.48. The van der Waals surface area contributed by atoms with Crippen LogP contribution in [0.15, 0.2) is 6.20 Å². The molecule has 1 aliphatic rings. The maximum Gasteiger partial charge on any atom is 0.527 e. The van der Waals surface area contributed by atoms with Crippen molar-refractivity contribution in [2.45, 2.75) is 25.8 Å². The van der Waals surface area contributed by atoms with Crippen LogP contribution in [0.3, 0.4) is 0 Å². The molecule has 0 spiro atoms. The summed E-state index contributed by atoms with van der Waals surface area (Å²) in [7, 11) is 0. The van der Waals surface area contributed by atoms with E-state index in [9.17, 15) is 12.9 Å². The molecule has 1 aromatic rings. The van der Waals surface area contributed by atoms with Crippen molar-refractivity contribution in [3.05, 3.63) is 11.8 Å². The molecule has 6 heteroatoms. The molecule has 2 rings (SSSR count). The molecule has 2 nitrogen and oxygen atoms in total. The Morgan fingerprint density at radius 2 is 2.08 bits per heavy atom. The van der Waals surface area contributed by atoms with Crippen LogP contribution in [0.1, 0.15) is 24.4 Å². The Hall–Kier alpha value is -0.935. The standard InChI is InChI=1S/C7H9BF3N2/c1-5-4-12-13(6-2-3-6)7(5)8(9,10)11/h4,6H,2-3H2,1H3/q-1. The van der Waals surface area contributed by atoms with Crippen LogP contribution in [-0.2, 0) is 0 Å². The first-order valence-corrected chi connectivity index (χ1v) is 4.24. The van der Waals surface area contributed by atoms with Gasteiger partial charge in [-0.1, -0.05) is 0 Å². The largest absolute Gasteiger partial charge is 0.527 e. The van der Waals surface area contributed by atoms with E-state index in [0.717, 1.165) is 17.5 Å². The highest BCUT2D eigenvalue weighted by Gasteiger charge is 2.36. The van der Waals surface area contributed by atoms with Crippen molar-refractivity contribution in [1.29, 1.82) is 0 Å². The highest BCUT2D eigenvalue weighted by atomic mass is 19.4. The van der Waals surface area contributed by atoms with Gasteiger partial charge in [0.1, 0.15) is 0 Å². The van der Waals surface area contributed by atoms with Gasteiger partial charge < -0.3 is 12.9 Å². The Morgan fingerprint density at radius 1 is 1.46 bits per heavy atom. The zero-order valence-electron chi connectivity index (χ0n) is 7.17. The van der Waals surface area contributed by atoms with Crippen LogP contribution < -0.4 is 5.59 Å². The van der Waals surface area contributed by atoms with Crippen molar-refractivity contribution >= 4 is 12.6 Å². The quantitative estimate of drug-likeness (QED) is 0.645. The maximum absolute atomic E-state index is 12.5. The van der Waals surface area contributed by atoms with Crippen molar-refractivity contribution < 1.29 is 12.9 Å². The Labute approximate surface area is 73.8 Å². The van der Waals surface area contributed by atoms with Gasteiger partial charge in [0.05, 0.1) is 0 Å². The van der Waals surface area contributed by atoms with E-state index < -0.39 is 12.6 Å². The lowest BCUT2D eigenvalue weighted by atomic mass is 9.83. The minimum Gasteiger partial charge on any atom is -0.444 e. The fraction of sp³-hybridized carbons (Fsp3) is 0.571. The summed E-state index contributed by atoms with van der Waals surface area (Å²) >= 11 is 0. The van der Waals surface area contributed by atoms with Crippen molar-refractivity contribution in [2.24, 2.45) is 0 Å². The van der Waals surface area contributed by atoms with Gasteiger partial charge in [0.25, 0.3) is 0 Å². The highest BCUT2D eigenvalue weighted by Crippen LogP contribution is 2.34. The van der Waals surface area contributed by atoms with Gasteiger partial charge >= 0.3 is 6.98 Å². The Bertz CT molecular complexity index is 327. The number of halogens is 3. The molecule has 0 bridgehead atoms. The van der Waals surface area contributed by atoms with Gasteiger partial charge in [0.2, 0.25) is 0 Å². The molecule has 1 aliphatic carbocycles. The first-order chi connectivity index (χ1) is 6.00. The predicted molar refractivity (Wildman–Crippen MR) is 43.9 cm³/mol. The number of aromatic nitrogens is 2. The molecule has 0 atom stereocenters. The first kappa shape index (κ1) is 8.65. The summed E-state index contributed by atoms with van der Waals surface area (Å²) in [5, 5.41) is 3.76. The Morgan fingerprint density at radius 3 is 2.54 bits per heavy atom. The number of hydrogen-bond donors (Lipinski definition) is 0. The van der Waals surface area contributed by atoms with Crippen LogP contribution in [-0.4, -0.2) is 16.8 Å². The maximum atomic E-state index is 12.5. The van der Waals surface area contributed by atoms with E-state index in [0.29, 0.717) is 0 Å². The molecule has 13 heavy (non-hydrogen) atoms. The van der Waals surface area contributed by atoms with E-state index in [1.54, 1.807) is 0 Å². The van der Waals surface area contributed by atoms with Gasteiger partial charge in [-0.2, -0.15) is 5.10 Å². The van der Waals surface area contributed by atoms with E-state index in [1.165, 1.54) is 13.1 Å². The molecule has 1 saturated carbocycles. The van der Waals surface area contributed by atoms with Gasteiger partial charge in [0.15, 0.2) is 0 Å². The van der Waals surface area contributed by atoms with Crippen molar-refractivity contribution in [3.63, 3.8) is 0 Å². The average Bonchev–Trinajstić information content (AvgIpc) is 2.73. The number of nitrogens with zero attached hydrogens (tertiary/aromatic N) is 2. The van der Waals surface area contributed by atoms with Gasteiger partial charge in [-0.15, -0.1) is 0 Å². The summed E-state index contributed by atoms with van der Waals surface area (Å²) in [6, 6.07) is -0.00722. The normalized spacial score (nSPS) is 17.8. The van der Waals surface area contributed by atoms with Crippen molar-refractivity contribution in [1.82, 2.24) is 9.78 Å². The molecule has 0 aromatic carbocycles. The average molecular weight is 189 g/mol. The molecule has 0 amide bonds. The molecule has 0 saturated heterocycles. The van der Waals surface area contributed by atoms with Crippen LogP contribution in [0.2, 0.25) is 0 Å². The minimum absolute atomic E-state index is 0.00722. The van der Waals surface area contributed by atoms with Crippen LogP contribution in [0.25, 0.3) is 0 Å². The predicted octanol–water partition coefficient (Wildman–Crippen LogP) is 1.58. The Kier molecular flexibility index (Phi) is 1.68. The van der Waals surface area contributed by atoms with Crippen LogP contribution in [0, 0.1) is 6.92 Å². The zero-order valence-corrected chi connectivity index (χ0v) is 7.17. The SMILES string of the molecule is Cc1cnn(C2CC2)c1[B-](F)(F)F. The monoisotopic (exact) mass is 189 g/mol. The molecular weight excluding hydrogens is 180 g/mol. The zero-order chi connectivity index (χ0) is 9.64. The summed E-state index contributed by atoms with van der Waals surface area (Å²) in [4.78, 5) is 0. The third-order valence-corrected chi connectivity index (χ3v) is 2.23. The van der Waals surface area contributed by atoms with E-state index in [4.69, 9.17) is 0 Å². The van der Waals surface area contributed by atoms with Crippen LogP contribution >= 0.6 is 0 Å². The second-order valence-electron chi connectivity index (χ2n) is 3.46. The van der Waals surface area contributed by atoms with Crippen molar-refractivity contribution in [3.8, 4) is 0 Å². The minimum atomic E-state index is -4.91. The third-order valence-electron chi connectivity index (χ3n) is 2.23. The molecule has 72 valence electrons. The van der Waals surface area contributed by atoms with E-state index in [-0.39, 0.29) is 11.6 Å². The molecule has 1 aromatic heterocycles. The summed E-state index contributed by atoms with van der Waals surface area (Å²) in [6.45, 7) is -3.46. The molecule has 1 heterocycles. The van der Waals surface area contributed by atoms with E-state index in [1.807, 2.05) is 0 Å². The smallest absolute Gasteiger partial charge is 0.444 e. The lowest BCUT2D eigenvalue weighted by Crippen LogP contribution is -2.41. The van der Waals surface area contributed by atoms with E-state index in [2.05, 4.69) is 5.10 Å². The Balaban J connectivity index is 2.46. The van der Waals surface area contributed by atoms with Crippen LogP contribution in [0.5, 0.6) is 0 Å². The van der Waals surface area contributed by atoms with E-state index >= 15 is 0 Å². The summed E-state index contributed by atoms with van der Waals surface area (Å²) < 4.78 is 38.7. The molecule has 0 unspecified atom stereocenters. The summed E-state index contributed by atoms with van der Waals surface area (Å²) in [5.74, 6) is 0. The van der Waals surface area contributed by atoms with Gasteiger partial charge in [-0.3, -0.25) is 4.68 Å². The van der Waals surface area contributed by atoms with Gasteiger partial charge in [-0.25, -0.2) is 0 Å². The fourth-order valence-electron chi connectivity index (χ4n) is 1.48. The highest BCUT2D eigenvalue weighted by molar-refractivity contribution is 6.73. The topological polar surface area (TPSA) is 17.8 Å². The lowest BCUT2D eigenvalue weighted by Gasteiger charge is -2.18. The summed E-state index contributed by atoms with van der Waals surface area (Å²) in [6.07, 6.45) is 2.93. The first-order valence-electron chi connectivity index (χ1n) is 4.24. The number of hydrogen-bond acceptors (Lipinski definition) is 1. The number of aryl methyl sites for hydroxylation is 1. The van der Waals surface area contributed by atoms with Crippen LogP contribution in [0.4, 0.5) is 12.9 Å². The molecule has 0 N–H and O–H groups in total. The second-order valence-corrected chi connectivity index (χ2v) is 3.46. The molecular formula is C7H9BF3N2-. The number of rotatable bonds is 2. The van der Waals surface area contributed by atoms with Gasteiger partial charge in [-0.05, 0) is 30.9 Å².